The molecule has 11 N–H and O–H groups in total. The normalized spacial score (nSPS) is 15.4. The Hall–Kier alpha value is -6.33. The van der Waals surface area contributed by atoms with E-state index in [1.54, 1.807) is 0 Å². The van der Waals surface area contributed by atoms with Gasteiger partial charge in [0.25, 0.3) is 0 Å². The van der Waals surface area contributed by atoms with Gasteiger partial charge in [-0.15, -0.1) is 0 Å². The molecule has 0 saturated carbocycles. The average Bonchev–Trinajstić information content (AvgIpc) is 3.07. The van der Waals surface area contributed by atoms with Gasteiger partial charge in [-0.25, -0.2) is 4.79 Å². The number of allylic oxidation sites excluding steroid dienone is 1. The molecule has 16 nitrogen and oxygen atoms in total. The van der Waals surface area contributed by atoms with Crippen molar-refractivity contribution in [3.8, 4) is 34.5 Å². The van der Waals surface area contributed by atoms with Gasteiger partial charge >= 0.3 is 5.97 Å². The van der Waals surface area contributed by atoms with Crippen LogP contribution in [-0.4, -0.2) is 109 Å². The number of rotatable bonds is 14. The second-order valence-electron chi connectivity index (χ2n) is 10.4. The number of aromatic hydroxyl groups is 6. The maximum Gasteiger partial charge on any atom is 0.335 e. The molecular weight excluding hydrogens is 652 g/mol. The summed E-state index contributed by atoms with van der Waals surface area (Å²) >= 11 is 0. The second-order valence-corrected chi connectivity index (χ2v) is 10.4. The van der Waals surface area contributed by atoms with Gasteiger partial charge in [0.2, 0.25) is 17.2 Å². The van der Waals surface area contributed by atoms with E-state index in [4.69, 9.17) is 0 Å². The van der Waals surface area contributed by atoms with Crippen LogP contribution in [0.15, 0.2) is 72.8 Å². The van der Waals surface area contributed by atoms with Crippen molar-refractivity contribution in [2.45, 2.75) is 23.4 Å². The molecule has 3 aromatic carbocycles. The number of hydrogen-bond donors (Lipinski definition) is 11. The number of ketones is 4. The number of aliphatic carboxylic acids is 1. The number of carboxylic acid groups (broad SMARTS) is 1. The molecule has 16 heteroatoms. The minimum atomic E-state index is -4.42. The first-order valence-electron chi connectivity index (χ1n) is 13.7. The molecule has 49 heavy (non-hydrogen) atoms. The minimum Gasteiger partial charge on any atom is -0.504 e. The highest BCUT2D eigenvalue weighted by Gasteiger charge is 2.68. The van der Waals surface area contributed by atoms with Crippen LogP contribution in [0, 0.1) is 0 Å². The van der Waals surface area contributed by atoms with Crippen molar-refractivity contribution in [2.24, 2.45) is 0 Å². The lowest BCUT2D eigenvalue weighted by atomic mass is 9.68. The van der Waals surface area contributed by atoms with Gasteiger partial charge in [0.05, 0.1) is 0 Å². The highest BCUT2D eigenvalue weighted by Crippen LogP contribution is 2.35. The SMILES string of the molecule is O=C(/C=C/c1ccc(O)c(O)c1)C(=O)[C@](O)(C(=O)/C=C/c1ccc(O)c(O)c1)[C@](O)(C(=O)/C=C/c1ccc(O)c(O)c1)[C@@H](O)[C@H](O)C(=O)O. The van der Waals surface area contributed by atoms with Gasteiger partial charge in [0, 0.05) is 0 Å². The fraction of sp³-hybridized carbons (Fsp3) is 0.121. The number of hydrogen-bond acceptors (Lipinski definition) is 15. The van der Waals surface area contributed by atoms with Crippen LogP contribution in [0.4, 0.5) is 0 Å². The third-order valence-corrected chi connectivity index (χ3v) is 7.10. The molecule has 3 rings (SSSR count). The maximum atomic E-state index is 13.7. The summed E-state index contributed by atoms with van der Waals surface area (Å²) in [6.45, 7) is 0. The first kappa shape index (κ1) is 37.1. The van der Waals surface area contributed by atoms with Crippen LogP contribution < -0.4 is 0 Å². The zero-order chi connectivity index (χ0) is 36.8. The Kier molecular flexibility index (Phi) is 11.1. The van der Waals surface area contributed by atoms with Crippen LogP contribution in [0.25, 0.3) is 18.2 Å². The number of phenols is 6. The third-order valence-electron chi connectivity index (χ3n) is 7.10. The molecule has 0 amide bonds. The molecule has 0 unspecified atom stereocenters. The Labute approximate surface area is 274 Å². The quantitative estimate of drug-likeness (QED) is 0.0458. The Bertz CT molecular complexity index is 1910. The van der Waals surface area contributed by atoms with Crippen molar-refractivity contribution in [1.82, 2.24) is 0 Å². The van der Waals surface area contributed by atoms with E-state index in [1.807, 2.05) is 0 Å². The van der Waals surface area contributed by atoms with Crippen LogP contribution in [0.5, 0.6) is 34.5 Å². The molecule has 0 fully saturated rings. The van der Waals surface area contributed by atoms with Crippen molar-refractivity contribution in [1.29, 1.82) is 0 Å². The van der Waals surface area contributed by atoms with Crippen LogP contribution in [0.2, 0.25) is 0 Å². The standard InChI is InChI=1S/C33H28O16/c34-19-7-1-16(13-23(19)38)4-10-22(37)29(44)32(48,26(41)11-5-17-2-8-20(35)24(39)14-17)33(49,30(45)28(43)31(46)47)27(42)12-6-18-3-9-21(36)25(40)15-18/h1-15,28,30,34-36,38-40,43,45,48-49H,(H,46,47)/b10-4+,11-5+,12-6+/t28-,30-,32+,33-/m0/s1. The van der Waals surface area contributed by atoms with E-state index in [2.05, 4.69) is 0 Å². The number of carboxylic acids is 1. The van der Waals surface area contributed by atoms with Gasteiger partial charge in [-0.2, -0.15) is 0 Å². The second kappa shape index (κ2) is 14.6. The molecule has 0 aliphatic heterocycles. The number of carbonyl (C=O) groups excluding carboxylic acids is 4. The number of benzene rings is 3. The lowest BCUT2D eigenvalue weighted by molar-refractivity contribution is -0.214. The van der Waals surface area contributed by atoms with E-state index < -0.39 is 87.0 Å². The molecule has 0 spiro atoms. The molecule has 0 aromatic heterocycles. The molecule has 0 aliphatic rings. The summed E-state index contributed by atoms with van der Waals surface area (Å²) in [7, 11) is 0. The van der Waals surface area contributed by atoms with Crippen molar-refractivity contribution in [2.75, 3.05) is 0 Å². The summed E-state index contributed by atoms with van der Waals surface area (Å²) in [6.07, 6.45) is -3.24. The van der Waals surface area contributed by atoms with Crippen LogP contribution in [-0.2, 0) is 24.0 Å². The lowest BCUT2D eigenvalue weighted by Gasteiger charge is -2.41. The van der Waals surface area contributed by atoms with E-state index in [9.17, 15) is 80.1 Å². The fourth-order valence-electron chi connectivity index (χ4n) is 4.32. The summed E-state index contributed by atoms with van der Waals surface area (Å²) in [5.74, 6) is -14.3. The fourth-order valence-corrected chi connectivity index (χ4v) is 4.32. The average molecular weight is 681 g/mol. The number of phenolic OH excluding ortho intramolecular Hbond substituents is 6. The van der Waals surface area contributed by atoms with E-state index in [1.165, 1.54) is 0 Å². The van der Waals surface area contributed by atoms with E-state index in [0.717, 1.165) is 72.8 Å². The molecule has 0 aliphatic carbocycles. The van der Waals surface area contributed by atoms with E-state index in [-0.39, 0.29) is 16.7 Å². The third kappa shape index (κ3) is 7.64. The van der Waals surface area contributed by atoms with Gasteiger partial charge in [0.1, 0.15) is 6.10 Å². The van der Waals surface area contributed by atoms with Crippen LogP contribution in [0.1, 0.15) is 16.7 Å². The summed E-state index contributed by atoms with van der Waals surface area (Å²) in [4.78, 5) is 65.6. The van der Waals surface area contributed by atoms with Gasteiger partial charge in [-0.05, 0) is 71.3 Å². The number of Topliss-reactive ketones (excluding diaryl/α,β-unsaturated/α-hetero) is 1. The monoisotopic (exact) mass is 680 g/mol. The smallest absolute Gasteiger partial charge is 0.335 e. The van der Waals surface area contributed by atoms with Crippen molar-refractivity contribution in [3.05, 3.63) is 89.5 Å². The predicted octanol–water partition coefficient (Wildman–Crippen LogP) is -0.0948. The molecule has 0 radical (unpaired) electrons. The first-order chi connectivity index (χ1) is 22.8. The summed E-state index contributed by atoms with van der Waals surface area (Å²) in [5.41, 5.74) is -9.04. The van der Waals surface area contributed by atoms with Crippen molar-refractivity contribution < 1.29 is 80.1 Å². The first-order valence-corrected chi connectivity index (χ1v) is 13.7. The van der Waals surface area contributed by atoms with Gasteiger partial charge in [0.15, 0.2) is 57.8 Å². The number of aliphatic hydroxyl groups excluding tert-OH is 2. The maximum absolute atomic E-state index is 13.7. The molecule has 4 atom stereocenters. The molecule has 0 bridgehead atoms. The zero-order valence-electron chi connectivity index (χ0n) is 24.8. The molecule has 0 saturated heterocycles. The largest absolute Gasteiger partial charge is 0.504 e. The number of carbonyl (C=O) groups is 5. The molecule has 3 aromatic rings. The van der Waals surface area contributed by atoms with Gasteiger partial charge < -0.3 is 56.2 Å². The predicted molar refractivity (Wildman–Crippen MR) is 166 cm³/mol. The highest BCUT2D eigenvalue weighted by molar-refractivity contribution is 6.50. The summed E-state index contributed by atoms with van der Waals surface area (Å²) in [5, 5.41) is 111. The van der Waals surface area contributed by atoms with Crippen LogP contribution >= 0.6 is 0 Å². The topological polar surface area (TPSA) is 308 Å². The zero-order valence-corrected chi connectivity index (χ0v) is 24.8. The van der Waals surface area contributed by atoms with Crippen molar-refractivity contribution >= 4 is 47.3 Å². The Balaban J connectivity index is 2.25. The molecular formula is C33H28O16. The summed E-state index contributed by atoms with van der Waals surface area (Å²) in [6, 6.07) is 8.98. The van der Waals surface area contributed by atoms with Crippen LogP contribution in [0.3, 0.4) is 0 Å². The van der Waals surface area contributed by atoms with E-state index in [0.29, 0.717) is 18.2 Å². The molecule has 256 valence electrons. The van der Waals surface area contributed by atoms with Crippen molar-refractivity contribution in [3.63, 3.8) is 0 Å². The number of aliphatic hydroxyl groups is 4. The molecule has 0 heterocycles. The summed E-state index contributed by atoms with van der Waals surface area (Å²) < 4.78 is 0. The Morgan fingerprint density at radius 2 is 0.918 bits per heavy atom. The van der Waals surface area contributed by atoms with Gasteiger partial charge in [-0.3, -0.25) is 19.2 Å². The highest BCUT2D eigenvalue weighted by atomic mass is 16.4. The van der Waals surface area contributed by atoms with E-state index >= 15 is 0 Å². The lowest BCUT2D eigenvalue weighted by Crippen LogP contribution is -2.75. The Morgan fingerprint density at radius 3 is 1.29 bits per heavy atom. The minimum absolute atomic E-state index is 0.0360. The Morgan fingerprint density at radius 1 is 0.551 bits per heavy atom. The van der Waals surface area contributed by atoms with Gasteiger partial charge in [-0.1, -0.05) is 36.4 Å².